The molecule has 0 radical (unpaired) electrons. The summed E-state index contributed by atoms with van der Waals surface area (Å²) in [6.07, 6.45) is 0.437. The summed E-state index contributed by atoms with van der Waals surface area (Å²) in [5.41, 5.74) is 2.33. The van der Waals surface area contributed by atoms with Gasteiger partial charge in [0.25, 0.3) is 5.91 Å². The van der Waals surface area contributed by atoms with Crippen LogP contribution in [0.5, 0.6) is 5.75 Å². The van der Waals surface area contributed by atoms with Crippen LogP contribution < -0.4 is 10.1 Å². The molecule has 0 saturated carbocycles. The lowest BCUT2D eigenvalue weighted by molar-refractivity contribution is -0.132. The quantitative estimate of drug-likeness (QED) is 0.536. The van der Waals surface area contributed by atoms with Crippen LogP contribution in [0.4, 0.5) is 0 Å². The maximum atomic E-state index is 13.6. The van der Waals surface area contributed by atoms with Crippen LogP contribution in [0.25, 0.3) is 0 Å². The van der Waals surface area contributed by atoms with E-state index in [-0.39, 0.29) is 11.8 Å². The monoisotopic (exact) mass is 462 g/mol. The zero-order valence-electron chi connectivity index (χ0n) is 18.8. The topological polar surface area (TPSA) is 58.6 Å². The van der Waals surface area contributed by atoms with Crippen molar-refractivity contribution >= 4 is 23.4 Å². The molecule has 0 unspecified atom stereocenters. The largest absolute Gasteiger partial charge is 0.494 e. The Balaban J connectivity index is 1.63. The molecule has 0 bridgehead atoms. The van der Waals surface area contributed by atoms with Crippen molar-refractivity contribution in [2.24, 2.45) is 0 Å². The summed E-state index contributed by atoms with van der Waals surface area (Å²) in [4.78, 5) is 28.8. The van der Waals surface area contributed by atoms with Gasteiger partial charge in [-0.3, -0.25) is 9.59 Å². The van der Waals surface area contributed by atoms with Gasteiger partial charge in [0, 0.05) is 30.1 Å². The Kier molecular flexibility index (Phi) is 6.70. The van der Waals surface area contributed by atoms with Crippen LogP contribution in [0.2, 0.25) is 5.02 Å². The minimum Gasteiger partial charge on any atom is -0.494 e. The first-order valence-corrected chi connectivity index (χ1v) is 11.4. The van der Waals surface area contributed by atoms with Gasteiger partial charge in [0.05, 0.1) is 6.61 Å². The molecule has 1 aliphatic rings. The lowest BCUT2D eigenvalue weighted by atomic mass is 9.82. The van der Waals surface area contributed by atoms with E-state index in [1.807, 2.05) is 74.5 Å². The van der Waals surface area contributed by atoms with Crippen LogP contribution in [0.3, 0.4) is 0 Å². The number of rotatable bonds is 7. The van der Waals surface area contributed by atoms with Crippen LogP contribution in [-0.2, 0) is 24.3 Å². The first kappa shape index (κ1) is 22.9. The second kappa shape index (κ2) is 9.67. The molecule has 1 atom stereocenters. The number of halogens is 1. The maximum Gasteiger partial charge on any atom is 0.255 e. The van der Waals surface area contributed by atoms with Gasteiger partial charge in [-0.1, -0.05) is 54.1 Å². The number of fused-ring (bicyclic) bond motifs is 1. The molecule has 0 aromatic heterocycles. The summed E-state index contributed by atoms with van der Waals surface area (Å²) in [5, 5.41) is 3.67. The number of hydrogen-bond donors (Lipinski definition) is 1. The minimum atomic E-state index is -1.04. The van der Waals surface area contributed by atoms with E-state index in [0.717, 1.165) is 22.4 Å². The van der Waals surface area contributed by atoms with Crippen LogP contribution in [-0.4, -0.2) is 28.9 Å². The van der Waals surface area contributed by atoms with Gasteiger partial charge in [-0.05, 0) is 60.9 Å². The standard InChI is InChI=1S/C27H27ClN2O3/c1-3-33-23-9-6-7-20(15-23)18-30-25(31)24-10-5-4-8-21(24)16-27(30,2)26(32)29-17-19-11-13-22(28)14-12-19/h4-15H,3,16-18H2,1-2H3,(H,29,32)/t27-/m1/s1. The molecule has 0 fully saturated rings. The van der Waals surface area contributed by atoms with Gasteiger partial charge in [-0.25, -0.2) is 0 Å². The minimum absolute atomic E-state index is 0.150. The Morgan fingerprint density at radius 1 is 1.06 bits per heavy atom. The van der Waals surface area contributed by atoms with Gasteiger partial charge in [0.15, 0.2) is 0 Å². The summed E-state index contributed by atoms with van der Waals surface area (Å²) >= 11 is 5.97. The molecule has 1 heterocycles. The van der Waals surface area contributed by atoms with Gasteiger partial charge in [-0.15, -0.1) is 0 Å². The molecule has 0 aliphatic carbocycles. The second-order valence-corrected chi connectivity index (χ2v) is 8.83. The van der Waals surface area contributed by atoms with Crippen molar-refractivity contribution in [1.82, 2.24) is 10.2 Å². The van der Waals surface area contributed by atoms with Crippen molar-refractivity contribution < 1.29 is 14.3 Å². The summed E-state index contributed by atoms with van der Waals surface area (Å²) in [6, 6.07) is 22.5. The number of nitrogens with zero attached hydrogens (tertiary/aromatic N) is 1. The average Bonchev–Trinajstić information content (AvgIpc) is 2.82. The molecule has 1 N–H and O–H groups in total. The molecule has 5 nitrogen and oxygen atoms in total. The van der Waals surface area contributed by atoms with Crippen molar-refractivity contribution in [2.75, 3.05) is 6.61 Å². The highest BCUT2D eigenvalue weighted by molar-refractivity contribution is 6.30. The van der Waals surface area contributed by atoms with Gasteiger partial charge in [-0.2, -0.15) is 0 Å². The smallest absolute Gasteiger partial charge is 0.255 e. The Morgan fingerprint density at radius 3 is 2.58 bits per heavy atom. The number of nitrogens with one attached hydrogen (secondary N) is 1. The fraction of sp³-hybridized carbons (Fsp3) is 0.259. The van der Waals surface area contributed by atoms with E-state index in [2.05, 4.69) is 5.32 Å². The number of benzene rings is 3. The molecule has 3 aromatic carbocycles. The molecule has 33 heavy (non-hydrogen) atoms. The van der Waals surface area contributed by atoms with Crippen molar-refractivity contribution in [2.45, 2.75) is 38.9 Å². The summed E-state index contributed by atoms with van der Waals surface area (Å²) in [7, 11) is 0. The maximum absolute atomic E-state index is 13.6. The second-order valence-electron chi connectivity index (χ2n) is 8.39. The van der Waals surface area contributed by atoms with Crippen LogP contribution in [0.1, 0.15) is 40.9 Å². The van der Waals surface area contributed by atoms with E-state index in [9.17, 15) is 9.59 Å². The number of ether oxygens (including phenoxy) is 1. The van der Waals surface area contributed by atoms with Crippen LogP contribution in [0.15, 0.2) is 72.8 Å². The molecular formula is C27H27ClN2O3. The predicted octanol–water partition coefficient (Wildman–Crippen LogP) is 5.01. The Bertz CT molecular complexity index is 1160. The summed E-state index contributed by atoms with van der Waals surface area (Å²) in [6.45, 7) is 4.99. The van der Waals surface area contributed by atoms with Crippen LogP contribution in [0, 0.1) is 0 Å². The molecule has 3 aromatic rings. The normalized spacial score (nSPS) is 17.4. The zero-order chi connectivity index (χ0) is 23.4. The SMILES string of the molecule is CCOc1cccc(CN2C(=O)c3ccccc3C[C@]2(C)C(=O)NCc2ccc(Cl)cc2)c1. The van der Waals surface area contributed by atoms with E-state index in [1.165, 1.54) is 0 Å². The highest BCUT2D eigenvalue weighted by atomic mass is 35.5. The molecule has 6 heteroatoms. The fourth-order valence-corrected chi connectivity index (χ4v) is 4.35. The van der Waals surface area contributed by atoms with E-state index in [4.69, 9.17) is 16.3 Å². The molecule has 4 rings (SSSR count). The third-order valence-electron chi connectivity index (χ3n) is 6.03. The van der Waals surface area contributed by atoms with Crippen molar-refractivity contribution in [3.63, 3.8) is 0 Å². The number of amides is 2. The molecular weight excluding hydrogens is 436 g/mol. The van der Waals surface area contributed by atoms with Gasteiger partial charge in [0.1, 0.15) is 11.3 Å². The predicted molar refractivity (Wildman–Crippen MR) is 129 cm³/mol. The Labute approximate surface area is 199 Å². The fourth-order valence-electron chi connectivity index (χ4n) is 4.23. The van der Waals surface area contributed by atoms with Crippen molar-refractivity contribution in [3.05, 3.63) is 100 Å². The average molecular weight is 463 g/mol. The lowest BCUT2D eigenvalue weighted by Gasteiger charge is -2.44. The van der Waals surface area contributed by atoms with Gasteiger partial charge >= 0.3 is 0 Å². The molecule has 0 spiro atoms. The lowest BCUT2D eigenvalue weighted by Crippen LogP contribution is -2.62. The van der Waals surface area contributed by atoms with Gasteiger partial charge in [0.2, 0.25) is 5.91 Å². The first-order valence-electron chi connectivity index (χ1n) is 11.0. The Morgan fingerprint density at radius 2 is 1.82 bits per heavy atom. The summed E-state index contributed by atoms with van der Waals surface area (Å²) < 4.78 is 5.62. The number of carbonyl (C=O) groups is 2. The molecule has 1 aliphatic heterocycles. The first-order chi connectivity index (χ1) is 15.9. The Hall–Kier alpha value is -3.31. The van der Waals surface area contributed by atoms with E-state index >= 15 is 0 Å². The van der Waals surface area contributed by atoms with Crippen LogP contribution >= 0.6 is 11.6 Å². The number of hydrogen-bond acceptors (Lipinski definition) is 3. The van der Waals surface area contributed by atoms with E-state index < -0.39 is 5.54 Å². The molecule has 170 valence electrons. The van der Waals surface area contributed by atoms with Crippen molar-refractivity contribution in [1.29, 1.82) is 0 Å². The van der Waals surface area contributed by atoms with E-state index in [1.54, 1.807) is 17.0 Å². The summed E-state index contributed by atoms with van der Waals surface area (Å²) in [5.74, 6) is 0.401. The molecule has 0 saturated heterocycles. The number of carbonyl (C=O) groups excluding carboxylic acids is 2. The van der Waals surface area contributed by atoms with E-state index in [0.29, 0.717) is 36.7 Å². The third kappa shape index (κ3) is 4.88. The third-order valence-corrected chi connectivity index (χ3v) is 6.28. The highest BCUT2D eigenvalue weighted by Gasteiger charge is 2.46. The van der Waals surface area contributed by atoms with Crippen molar-refractivity contribution in [3.8, 4) is 5.75 Å². The molecule has 2 amide bonds. The van der Waals surface area contributed by atoms with Gasteiger partial charge < -0.3 is 15.0 Å². The highest BCUT2D eigenvalue weighted by Crippen LogP contribution is 2.33. The zero-order valence-corrected chi connectivity index (χ0v) is 19.6.